The number of thiophene rings is 1. The van der Waals surface area contributed by atoms with Crippen LogP contribution in [0.2, 0.25) is 0 Å². The van der Waals surface area contributed by atoms with E-state index >= 15 is 0 Å². The van der Waals surface area contributed by atoms with Gasteiger partial charge >= 0.3 is 0 Å². The zero-order chi connectivity index (χ0) is 12.1. The Morgan fingerprint density at radius 2 is 2.29 bits per heavy atom. The second-order valence-corrected chi connectivity index (χ2v) is 4.71. The lowest BCUT2D eigenvalue weighted by Gasteiger charge is -2.06. The number of hydrogen-bond acceptors (Lipinski definition) is 5. The van der Waals surface area contributed by atoms with Gasteiger partial charge in [0.05, 0.1) is 10.6 Å². The van der Waals surface area contributed by atoms with Gasteiger partial charge in [0.2, 0.25) is 5.95 Å². The first-order valence-corrected chi connectivity index (χ1v) is 6.51. The van der Waals surface area contributed by atoms with Crippen molar-refractivity contribution in [3.8, 4) is 10.6 Å². The Balaban J connectivity index is 2.18. The Bertz CT molecular complexity index is 467. The van der Waals surface area contributed by atoms with Crippen LogP contribution in [0.3, 0.4) is 0 Å². The summed E-state index contributed by atoms with van der Waals surface area (Å²) in [6, 6.07) is 6.09. The molecule has 0 aliphatic carbocycles. The molecule has 0 unspecified atom stereocenters. The fourth-order valence-corrected chi connectivity index (χ4v) is 2.19. The Labute approximate surface area is 105 Å². The van der Waals surface area contributed by atoms with E-state index in [-0.39, 0.29) is 0 Å². The number of nitrogens with zero attached hydrogens (tertiary/aromatic N) is 2. The van der Waals surface area contributed by atoms with Gasteiger partial charge in [-0.05, 0) is 37.4 Å². The summed E-state index contributed by atoms with van der Waals surface area (Å²) in [5.74, 6) is 0.682. The Hall–Kier alpha value is -1.46. The van der Waals surface area contributed by atoms with E-state index in [1.807, 2.05) is 24.4 Å². The predicted molar refractivity (Wildman–Crippen MR) is 72.2 cm³/mol. The van der Waals surface area contributed by atoms with Gasteiger partial charge in [-0.1, -0.05) is 6.07 Å². The summed E-state index contributed by atoms with van der Waals surface area (Å²) in [6.07, 6.45) is 0.922. The number of nitrogens with one attached hydrogen (secondary N) is 1. The van der Waals surface area contributed by atoms with Gasteiger partial charge < -0.3 is 11.1 Å². The van der Waals surface area contributed by atoms with E-state index in [0.29, 0.717) is 12.5 Å². The van der Waals surface area contributed by atoms with E-state index in [1.165, 1.54) is 0 Å². The standard InChI is InChI=1S/C12H16N4S/c1-9-8-10(11-4-2-7-17-11)16-12(15-9)14-6-3-5-13/h2,4,7-8H,3,5-6,13H2,1H3,(H,14,15,16). The molecule has 2 heterocycles. The second kappa shape index (κ2) is 5.75. The lowest BCUT2D eigenvalue weighted by Crippen LogP contribution is -2.11. The molecule has 0 aliphatic rings. The van der Waals surface area contributed by atoms with E-state index in [2.05, 4.69) is 21.4 Å². The molecule has 0 aromatic carbocycles. The average molecular weight is 248 g/mol. The molecule has 2 aromatic heterocycles. The lowest BCUT2D eigenvalue weighted by atomic mass is 10.3. The molecule has 2 rings (SSSR count). The highest BCUT2D eigenvalue weighted by molar-refractivity contribution is 7.13. The van der Waals surface area contributed by atoms with Crippen molar-refractivity contribution in [3.63, 3.8) is 0 Å². The molecular weight excluding hydrogens is 232 g/mol. The van der Waals surface area contributed by atoms with Crippen molar-refractivity contribution in [1.82, 2.24) is 9.97 Å². The molecule has 0 bridgehead atoms. The smallest absolute Gasteiger partial charge is 0.223 e. The van der Waals surface area contributed by atoms with Gasteiger partial charge in [-0.25, -0.2) is 9.97 Å². The van der Waals surface area contributed by atoms with Crippen LogP contribution in [-0.4, -0.2) is 23.1 Å². The second-order valence-electron chi connectivity index (χ2n) is 3.76. The minimum atomic E-state index is 0.677. The van der Waals surface area contributed by atoms with E-state index < -0.39 is 0 Å². The topological polar surface area (TPSA) is 63.8 Å². The number of aryl methyl sites for hydroxylation is 1. The van der Waals surface area contributed by atoms with Crippen LogP contribution in [0.5, 0.6) is 0 Å². The summed E-state index contributed by atoms with van der Waals surface area (Å²) in [5, 5.41) is 5.24. The molecule has 2 aromatic rings. The zero-order valence-corrected chi connectivity index (χ0v) is 10.6. The highest BCUT2D eigenvalue weighted by Crippen LogP contribution is 2.23. The third-order valence-electron chi connectivity index (χ3n) is 2.29. The molecule has 0 saturated carbocycles. The number of rotatable bonds is 5. The normalized spacial score (nSPS) is 10.5. The molecule has 0 atom stereocenters. The molecule has 0 saturated heterocycles. The first-order valence-electron chi connectivity index (χ1n) is 5.63. The van der Waals surface area contributed by atoms with Crippen LogP contribution in [0.1, 0.15) is 12.1 Å². The fourth-order valence-electron chi connectivity index (χ4n) is 1.50. The molecule has 3 N–H and O–H groups in total. The van der Waals surface area contributed by atoms with Crippen LogP contribution in [0.4, 0.5) is 5.95 Å². The molecule has 17 heavy (non-hydrogen) atoms. The monoisotopic (exact) mass is 248 g/mol. The largest absolute Gasteiger partial charge is 0.354 e. The van der Waals surface area contributed by atoms with Gasteiger partial charge in [-0.15, -0.1) is 11.3 Å². The number of nitrogens with two attached hydrogens (primary N) is 1. The van der Waals surface area contributed by atoms with Crippen molar-refractivity contribution in [1.29, 1.82) is 0 Å². The summed E-state index contributed by atoms with van der Waals surface area (Å²) in [4.78, 5) is 10.0. The van der Waals surface area contributed by atoms with Crippen molar-refractivity contribution < 1.29 is 0 Å². The maximum absolute atomic E-state index is 5.45. The van der Waals surface area contributed by atoms with Crippen LogP contribution in [0.25, 0.3) is 10.6 Å². The Kier molecular flexibility index (Phi) is 4.06. The van der Waals surface area contributed by atoms with Crippen molar-refractivity contribution in [2.75, 3.05) is 18.4 Å². The summed E-state index contributed by atoms with van der Waals surface area (Å²) in [6.45, 7) is 3.47. The van der Waals surface area contributed by atoms with Gasteiger partial charge in [-0.3, -0.25) is 0 Å². The van der Waals surface area contributed by atoms with Crippen molar-refractivity contribution in [3.05, 3.63) is 29.3 Å². The zero-order valence-electron chi connectivity index (χ0n) is 9.81. The summed E-state index contributed by atoms with van der Waals surface area (Å²) in [7, 11) is 0. The first-order chi connectivity index (χ1) is 8.29. The predicted octanol–water partition coefficient (Wildman–Crippen LogP) is 2.27. The molecule has 0 amide bonds. The van der Waals surface area contributed by atoms with Crippen molar-refractivity contribution in [2.45, 2.75) is 13.3 Å². The summed E-state index contributed by atoms with van der Waals surface area (Å²) < 4.78 is 0. The number of hydrogen-bond donors (Lipinski definition) is 2. The Morgan fingerprint density at radius 3 is 3.00 bits per heavy atom. The summed E-state index contributed by atoms with van der Waals surface area (Å²) >= 11 is 1.68. The average Bonchev–Trinajstić information content (AvgIpc) is 2.82. The first kappa shape index (κ1) is 12.0. The van der Waals surface area contributed by atoms with Crippen molar-refractivity contribution >= 4 is 17.3 Å². The molecule has 0 fully saturated rings. The third-order valence-corrected chi connectivity index (χ3v) is 3.18. The van der Waals surface area contributed by atoms with Crippen LogP contribution in [0, 0.1) is 6.92 Å². The van der Waals surface area contributed by atoms with Crippen molar-refractivity contribution in [2.24, 2.45) is 5.73 Å². The van der Waals surface area contributed by atoms with Crippen LogP contribution in [-0.2, 0) is 0 Å². The molecule has 0 spiro atoms. The molecule has 0 radical (unpaired) electrons. The Morgan fingerprint density at radius 1 is 1.41 bits per heavy atom. The highest BCUT2D eigenvalue weighted by Gasteiger charge is 2.04. The molecule has 5 heteroatoms. The maximum atomic E-state index is 5.45. The molecule has 0 aliphatic heterocycles. The fraction of sp³-hybridized carbons (Fsp3) is 0.333. The van der Waals surface area contributed by atoms with Gasteiger partial charge in [0.15, 0.2) is 0 Å². The van der Waals surface area contributed by atoms with E-state index in [9.17, 15) is 0 Å². The van der Waals surface area contributed by atoms with Gasteiger partial charge in [-0.2, -0.15) is 0 Å². The maximum Gasteiger partial charge on any atom is 0.223 e. The lowest BCUT2D eigenvalue weighted by molar-refractivity contribution is 0.862. The number of aromatic nitrogens is 2. The van der Waals surface area contributed by atoms with Crippen LogP contribution >= 0.6 is 11.3 Å². The number of anilines is 1. The van der Waals surface area contributed by atoms with Gasteiger partial charge in [0.1, 0.15) is 0 Å². The van der Waals surface area contributed by atoms with E-state index in [1.54, 1.807) is 11.3 Å². The van der Waals surface area contributed by atoms with Crippen LogP contribution in [0.15, 0.2) is 23.6 Å². The molecular formula is C12H16N4S. The minimum absolute atomic E-state index is 0.677. The highest BCUT2D eigenvalue weighted by atomic mass is 32.1. The minimum Gasteiger partial charge on any atom is -0.354 e. The molecule has 90 valence electrons. The van der Waals surface area contributed by atoms with Gasteiger partial charge in [0.25, 0.3) is 0 Å². The quantitative estimate of drug-likeness (QED) is 0.797. The van der Waals surface area contributed by atoms with E-state index in [0.717, 1.165) is 29.2 Å². The van der Waals surface area contributed by atoms with Gasteiger partial charge in [0, 0.05) is 12.2 Å². The molecule has 4 nitrogen and oxygen atoms in total. The SMILES string of the molecule is Cc1cc(-c2cccs2)nc(NCCCN)n1. The summed E-state index contributed by atoms with van der Waals surface area (Å²) in [5.41, 5.74) is 7.40. The van der Waals surface area contributed by atoms with E-state index in [4.69, 9.17) is 5.73 Å². The third kappa shape index (κ3) is 3.25. The van der Waals surface area contributed by atoms with Crippen LogP contribution < -0.4 is 11.1 Å².